The van der Waals surface area contributed by atoms with E-state index in [0.29, 0.717) is 31.3 Å². The van der Waals surface area contributed by atoms with E-state index in [2.05, 4.69) is 50.2 Å². The van der Waals surface area contributed by atoms with Gasteiger partial charge in [0.2, 0.25) is 5.91 Å². The molecule has 0 spiro atoms. The number of esters is 1. The summed E-state index contributed by atoms with van der Waals surface area (Å²) in [5.74, 6) is 1.14. The summed E-state index contributed by atoms with van der Waals surface area (Å²) in [5, 5.41) is 6.98. The van der Waals surface area contributed by atoms with Gasteiger partial charge in [0.15, 0.2) is 0 Å². The van der Waals surface area contributed by atoms with Crippen molar-refractivity contribution in [1.29, 1.82) is 0 Å². The van der Waals surface area contributed by atoms with Gasteiger partial charge in [0.25, 0.3) is 5.91 Å². The minimum Gasteiger partial charge on any atom is -0.466 e. The van der Waals surface area contributed by atoms with E-state index in [4.69, 9.17) is 4.74 Å². The molecule has 0 aliphatic rings. The van der Waals surface area contributed by atoms with Crippen LogP contribution >= 0.6 is 11.3 Å². The van der Waals surface area contributed by atoms with Crippen LogP contribution in [-0.2, 0) is 14.3 Å². The molecule has 2 N–H and O–H groups in total. The molecule has 2 atom stereocenters. The largest absolute Gasteiger partial charge is 0.466 e. The van der Waals surface area contributed by atoms with Gasteiger partial charge in [-0.3, -0.25) is 14.4 Å². The van der Waals surface area contributed by atoms with E-state index in [-0.39, 0.29) is 17.8 Å². The first-order chi connectivity index (χ1) is 24.7. The highest BCUT2D eigenvalue weighted by Gasteiger charge is 2.10. The van der Waals surface area contributed by atoms with E-state index in [9.17, 15) is 14.4 Å². The predicted molar refractivity (Wildman–Crippen MR) is 218 cm³/mol. The quantitative estimate of drug-likeness (QED) is 0.0642. The van der Waals surface area contributed by atoms with E-state index in [1.165, 1.54) is 83.5 Å². The van der Waals surface area contributed by atoms with Crippen molar-refractivity contribution in [2.24, 2.45) is 11.8 Å². The van der Waals surface area contributed by atoms with Gasteiger partial charge in [0.05, 0.1) is 21.8 Å². The van der Waals surface area contributed by atoms with Crippen LogP contribution in [0.1, 0.15) is 191 Å². The van der Waals surface area contributed by atoms with Gasteiger partial charge < -0.3 is 15.4 Å². The number of rotatable bonds is 29. The van der Waals surface area contributed by atoms with E-state index in [0.717, 1.165) is 78.8 Å². The topological polar surface area (TPSA) is 97.4 Å². The molecule has 0 aliphatic carbocycles. The van der Waals surface area contributed by atoms with Gasteiger partial charge in [0.1, 0.15) is 0 Å². The lowest BCUT2D eigenvalue weighted by molar-refractivity contribution is -0.144. The molecular formula is C43H75N3O4S. The fourth-order valence-electron chi connectivity index (χ4n) is 5.68. The predicted octanol–water partition coefficient (Wildman–Crippen LogP) is 11.9. The van der Waals surface area contributed by atoms with Crippen molar-refractivity contribution in [3.05, 3.63) is 28.8 Å². The number of nitrogens with one attached hydrogen (secondary N) is 2. The number of amides is 2. The number of aromatic nitrogens is 1. The van der Waals surface area contributed by atoms with Crippen LogP contribution in [0.3, 0.4) is 0 Å². The van der Waals surface area contributed by atoms with Gasteiger partial charge in [-0.15, -0.1) is 11.3 Å². The van der Waals surface area contributed by atoms with Gasteiger partial charge in [-0.25, -0.2) is 4.98 Å². The van der Waals surface area contributed by atoms with Crippen molar-refractivity contribution in [2.45, 2.75) is 183 Å². The van der Waals surface area contributed by atoms with E-state index < -0.39 is 0 Å². The number of aryl methyl sites for hydroxylation is 1. The Balaban J connectivity index is 0.000000600. The van der Waals surface area contributed by atoms with Crippen LogP contribution in [0.4, 0.5) is 0 Å². The van der Waals surface area contributed by atoms with E-state index in [1.54, 1.807) is 11.3 Å². The van der Waals surface area contributed by atoms with Crippen LogP contribution in [0, 0.1) is 18.8 Å². The number of carbonyl (C=O) groups excluding carboxylic acids is 3. The first kappa shape index (κ1) is 46.5. The Morgan fingerprint density at radius 2 is 1.20 bits per heavy atom. The first-order valence-electron chi connectivity index (χ1n) is 20.8. The zero-order valence-corrected chi connectivity index (χ0v) is 34.4. The molecule has 2 rings (SSSR count). The van der Waals surface area contributed by atoms with Gasteiger partial charge in [-0.1, -0.05) is 137 Å². The third kappa shape index (κ3) is 25.2. The van der Waals surface area contributed by atoms with Gasteiger partial charge in [0, 0.05) is 31.5 Å². The number of thiazole rings is 1. The smallest absolute Gasteiger partial charge is 0.305 e. The highest BCUT2D eigenvalue weighted by atomic mass is 32.1. The minimum absolute atomic E-state index is 0.00301. The third-order valence-electron chi connectivity index (χ3n) is 9.71. The molecule has 2 aromatic rings. The fraction of sp³-hybridized carbons (Fsp3) is 0.767. The normalized spacial score (nSPS) is 12.2. The van der Waals surface area contributed by atoms with Crippen LogP contribution in [-0.4, -0.2) is 42.5 Å². The summed E-state index contributed by atoms with van der Waals surface area (Å²) < 4.78 is 6.40. The maximum atomic E-state index is 12.0. The number of fused-ring (bicyclic) bond motifs is 1. The monoisotopic (exact) mass is 730 g/mol. The van der Waals surface area contributed by atoms with Crippen LogP contribution in [0.5, 0.6) is 0 Å². The van der Waals surface area contributed by atoms with Crippen molar-refractivity contribution < 1.29 is 19.1 Å². The molecule has 0 saturated heterocycles. The Morgan fingerprint density at radius 3 is 1.76 bits per heavy atom. The SMILES string of the molecule is CCC(C)CNC(=O)c1ccc2nc(C)sc2c1.CCCCCCCCCCCCCCCCCC(=O)OCCCCCC(=O)NCC(C)CC. The molecule has 0 radical (unpaired) electrons. The lowest BCUT2D eigenvalue weighted by Crippen LogP contribution is -2.27. The number of carbonyl (C=O) groups is 3. The summed E-state index contributed by atoms with van der Waals surface area (Å²) in [6, 6.07) is 5.68. The number of unbranched alkanes of at least 4 members (excludes halogenated alkanes) is 16. The average molecular weight is 730 g/mol. The van der Waals surface area contributed by atoms with Crippen molar-refractivity contribution in [2.75, 3.05) is 19.7 Å². The Labute approximate surface area is 316 Å². The Kier molecular flexibility index (Phi) is 28.4. The zero-order valence-electron chi connectivity index (χ0n) is 33.6. The minimum atomic E-state index is -0.0593. The summed E-state index contributed by atoms with van der Waals surface area (Å²) in [6.45, 7) is 14.8. The summed E-state index contributed by atoms with van der Waals surface area (Å²) in [6.07, 6.45) is 26.0. The highest BCUT2D eigenvalue weighted by molar-refractivity contribution is 7.18. The molecule has 0 bridgehead atoms. The van der Waals surface area contributed by atoms with Gasteiger partial charge in [-0.05, 0) is 62.6 Å². The second kappa shape index (κ2) is 31.1. The molecular weight excluding hydrogens is 655 g/mol. The standard InChI is InChI=1S/C29H57NO3.C14H18N2OS/c1-4-6-7-8-9-10-11-12-13-14-15-16-17-18-21-24-29(32)33-25-22-19-20-23-28(31)30-26-27(3)5-2;1-4-9(2)8-15-14(17)11-5-6-12-13(7-11)18-10(3)16-12/h27H,4-26H2,1-3H3,(H,30,31);5-7,9H,4,8H2,1-3H3,(H,15,17). The molecule has 2 unspecified atom stereocenters. The molecule has 51 heavy (non-hydrogen) atoms. The third-order valence-corrected chi connectivity index (χ3v) is 10.6. The van der Waals surface area contributed by atoms with Gasteiger partial charge in [-0.2, -0.15) is 0 Å². The van der Waals surface area contributed by atoms with Crippen molar-refractivity contribution in [1.82, 2.24) is 15.6 Å². The average Bonchev–Trinajstić information content (AvgIpc) is 3.51. The maximum Gasteiger partial charge on any atom is 0.305 e. The molecule has 0 fully saturated rings. The second-order valence-electron chi connectivity index (χ2n) is 14.7. The molecule has 0 aliphatic heterocycles. The summed E-state index contributed by atoms with van der Waals surface area (Å²) in [5.41, 5.74) is 1.69. The molecule has 7 nitrogen and oxygen atoms in total. The van der Waals surface area contributed by atoms with E-state index >= 15 is 0 Å². The molecule has 2 amide bonds. The lowest BCUT2D eigenvalue weighted by Gasteiger charge is -2.10. The Morgan fingerprint density at radius 1 is 0.686 bits per heavy atom. The van der Waals surface area contributed by atoms with Crippen LogP contribution < -0.4 is 10.6 Å². The summed E-state index contributed by atoms with van der Waals surface area (Å²) >= 11 is 1.62. The molecule has 1 aromatic carbocycles. The molecule has 0 saturated carbocycles. The summed E-state index contributed by atoms with van der Waals surface area (Å²) in [7, 11) is 0. The van der Waals surface area contributed by atoms with Crippen molar-refractivity contribution in [3.63, 3.8) is 0 Å². The molecule has 292 valence electrons. The molecule has 8 heteroatoms. The lowest BCUT2D eigenvalue weighted by atomic mass is 10.0. The fourth-order valence-corrected chi connectivity index (χ4v) is 6.54. The van der Waals surface area contributed by atoms with Crippen LogP contribution in [0.25, 0.3) is 10.2 Å². The summed E-state index contributed by atoms with van der Waals surface area (Å²) in [4.78, 5) is 39.9. The molecule has 1 heterocycles. The second-order valence-corrected chi connectivity index (χ2v) is 15.9. The number of benzene rings is 1. The number of ether oxygens (including phenoxy) is 1. The van der Waals surface area contributed by atoms with Crippen LogP contribution in [0.2, 0.25) is 0 Å². The number of hydrogen-bond donors (Lipinski definition) is 2. The van der Waals surface area contributed by atoms with Crippen molar-refractivity contribution in [3.8, 4) is 0 Å². The number of nitrogens with zero attached hydrogens (tertiary/aromatic N) is 1. The van der Waals surface area contributed by atoms with Crippen LogP contribution in [0.15, 0.2) is 18.2 Å². The van der Waals surface area contributed by atoms with Crippen molar-refractivity contribution >= 4 is 39.3 Å². The maximum absolute atomic E-state index is 12.0. The zero-order chi connectivity index (χ0) is 37.5. The van der Waals surface area contributed by atoms with E-state index in [1.807, 2.05) is 25.1 Å². The van der Waals surface area contributed by atoms with Gasteiger partial charge >= 0.3 is 5.97 Å². The Bertz CT molecular complexity index is 1180. The molecule has 1 aromatic heterocycles. The first-order valence-corrected chi connectivity index (χ1v) is 21.6. The Hall–Kier alpha value is -2.48. The number of hydrogen-bond acceptors (Lipinski definition) is 6. The highest BCUT2D eigenvalue weighted by Crippen LogP contribution is 2.22.